The first-order valence-electron chi connectivity index (χ1n) is 7.25. The summed E-state index contributed by atoms with van der Waals surface area (Å²) in [6, 6.07) is 10.7. The molecule has 1 saturated carbocycles. The van der Waals surface area contributed by atoms with Crippen molar-refractivity contribution in [2.45, 2.75) is 65.1 Å². The zero-order valence-corrected chi connectivity index (χ0v) is 12.0. The summed E-state index contributed by atoms with van der Waals surface area (Å²) in [7, 11) is 0. The maximum absolute atomic E-state index is 6.37. The zero-order valence-electron chi connectivity index (χ0n) is 12.0. The monoisotopic (exact) mass is 246 g/mol. The minimum absolute atomic E-state index is 0.259. The van der Waals surface area contributed by atoms with Gasteiger partial charge < -0.3 is 4.74 Å². The highest BCUT2D eigenvalue weighted by Crippen LogP contribution is 2.35. The van der Waals surface area contributed by atoms with E-state index in [1.165, 1.54) is 31.2 Å². The Bertz CT molecular complexity index is 344. The summed E-state index contributed by atoms with van der Waals surface area (Å²) in [5.74, 6) is 0. The van der Waals surface area contributed by atoms with Gasteiger partial charge in [-0.15, -0.1) is 0 Å². The molecule has 1 fully saturated rings. The molecule has 0 bridgehead atoms. The van der Waals surface area contributed by atoms with Gasteiger partial charge in [0.25, 0.3) is 0 Å². The number of hydrogen-bond donors (Lipinski definition) is 0. The van der Waals surface area contributed by atoms with E-state index >= 15 is 0 Å². The van der Waals surface area contributed by atoms with Crippen LogP contribution in [0, 0.1) is 5.41 Å². The summed E-state index contributed by atoms with van der Waals surface area (Å²) in [6.07, 6.45) is 6.99. The molecule has 1 atom stereocenters. The molecule has 1 heteroatoms. The normalized spacial score (nSPS) is 19.1. The Morgan fingerprint density at radius 2 is 1.72 bits per heavy atom. The molecular formula is C17H26O. The van der Waals surface area contributed by atoms with Crippen LogP contribution in [-0.2, 0) is 4.74 Å². The first kappa shape index (κ1) is 13.6. The highest BCUT2D eigenvalue weighted by molar-refractivity contribution is 5.18. The summed E-state index contributed by atoms with van der Waals surface area (Å²) in [5, 5.41) is 0. The number of rotatable bonds is 4. The van der Waals surface area contributed by atoms with Gasteiger partial charge >= 0.3 is 0 Å². The lowest BCUT2D eigenvalue weighted by atomic mass is 9.86. The quantitative estimate of drug-likeness (QED) is 0.716. The van der Waals surface area contributed by atoms with E-state index in [0.29, 0.717) is 11.5 Å². The van der Waals surface area contributed by atoms with Crippen LogP contribution in [0.3, 0.4) is 0 Å². The summed E-state index contributed by atoms with van der Waals surface area (Å²) in [4.78, 5) is 0. The third-order valence-corrected chi connectivity index (χ3v) is 3.63. The van der Waals surface area contributed by atoms with Crippen LogP contribution < -0.4 is 0 Å². The maximum Gasteiger partial charge on any atom is 0.0833 e. The van der Waals surface area contributed by atoms with Crippen LogP contribution in [0.5, 0.6) is 0 Å². The van der Waals surface area contributed by atoms with Crippen LogP contribution >= 0.6 is 0 Å². The van der Waals surface area contributed by atoms with Gasteiger partial charge in [0.15, 0.2) is 0 Å². The van der Waals surface area contributed by atoms with E-state index in [1.807, 2.05) is 0 Å². The van der Waals surface area contributed by atoms with E-state index in [2.05, 4.69) is 51.1 Å². The molecule has 1 aliphatic rings. The van der Waals surface area contributed by atoms with Gasteiger partial charge in [-0.1, -0.05) is 63.9 Å². The van der Waals surface area contributed by atoms with Gasteiger partial charge in [-0.3, -0.25) is 0 Å². The fourth-order valence-electron chi connectivity index (χ4n) is 2.73. The van der Waals surface area contributed by atoms with Crippen molar-refractivity contribution in [1.29, 1.82) is 0 Å². The lowest BCUT2D eigenvalue weighted by Crippen LogP contribution is -2.19. The molecule has 0 radical (unpaired) electrons. The average molecular weight is 246 g/mol. The van der Waals surface area contributed by atoms with Gasteiger partial charge in [-0.05, 0) is 30.2 Å². The van der Waals surface area contributed by atoms with E-state index in [9.17, 15) is 0 Å². The predicted molar refractivity (Wildman–Crippen MR) is 76.6 cm³/mol. The van der Waals surface area contributed by atoms with Crippen molar-refractivity contribution in [2.75, 3.05) is 0 Å². The van der Waals surface area contributed by atoms with E-state index in [-0.39, 0.29) is 6.10 Å². The minimum atomic E-state index is 0.259. The summed E-state index contributed by atoms with van der Waals surface area (Å²) >= 11 is 0. The van der Waals surface area contributed by atoms with Crippen LogP contribution in [0.1, 0.15) is 64.5 Å². The molecule has 0 aromatic heterocycles. The van der Waals surface area contributed by atoms with Crippen molar-refractivity contribution in [3.8, 4) is 0 Å². The fraction of sp³-hybridized carbons (Fsp3) is 0.647. The van der Waals surface area contributed by atoms with Crippen molar-refractivity contribution in [1.82, 2.24) is 0 Å². The van der Waals surface area contributed by atoms with Crippen LogP contribution in [0.4, 0.5) is 0 Å². The van der Waals surface area contributed by atoms with Gasteiger partial charge in [-0.2, -0.15) is 0 Å². The molecule has 0 N–H and O–H groups in total. The van der Waals surface area contributed by atoms with Crippen LogP contribution in [-0.4, -0.2) is 6.10 Å². The Morgan fingerprint density at radius 3 is 2.28 bits per heavy atom. The molecular weight excluding hydrogens is 220 g/mol. The SMILES string of the molecule is CC(C)(C)CC(OC1CCCC1)c1ccccc1. The highest BCUT2D eigenvalue weighted by Gasteiger charge is 2.25. The van der Waals surface area contributed by atoms with Gasteiger partial charge in [0.1, 0.15) is 0 Å². The molecule has 100 valence electrons. The van der Waals surface area contributed by atoms with Crippen LogP contribution in [0.15, 0.2) is 30.3 Å². The van der Waals surface area contributed by atoms with E-state index < -0.39 is 0 Å². The molecule has 0 amide bonds. The molecule has 0 saturated heterocycles. The van der Waals surface area contributed by atoms with Crippen molar-refractivity contribution in [3.63, 3.8) is 0 Å². The van der Waals surface area contributed by atoms with E-state index in [4.69, 9.17) is 4.74 Å². The van der Waals surface area contributed by atoms with Crippen LogP contribution in [0.25, 0.3) is 0 Å². The summed E-state index contributed by atoms with van der Waals surface area (Å²) in [5.41, 5.74) is 1.64. The maximum atomic E-state index is 6.37. The lowest BCUT2D eigenvalue weighted by Gasteiger charge is -2.29. The standard InChI is InChI=1S/C17H26O/c1-17(2,3)13-16(14-9-5-4-6-10-14)18-15-11-7-8-12-15/h4-6,9-10,15-16H,7-8,11-13H2,1-3H3. The average Bonchev–Trinajstić information content (AvgIpc) is 2.80. The molecule has 18 heavy (non-hydrogen) atoms. The molecule has 0 aliphatic heterocycles. The molecule has 1 nitrogen and oxygen atoms in total. The number of ether oxygens (including phenoxy) is 1. The molecule has 1 aromatic carbocycles. The van der Waals surface area contributed by atoms with Gasteiger partial charge in [0.05, 0.1) is 12.2 Å². The van der Waals surface area contributed by atoms with Gasteiger partial charge in [0.2, 0.25) is 0 Å². The Kier molecular flexibility index (Phi) is 4.45. The smallest absolute Gasteiger partial charge is 0.0833 e. The Morgan fingerprint density at radius 1 is 1.11 bits per heavy atom. The van der Waals surface area contributed by atoms with Crippen molar-refractivity contribution in [2.24, 2.45) is 5.41 Å². The summed E-state index contributed by atoms with van der Waals surface area (Å²) in [6.45, 7) is 6.88. The Hall–Kier alpha value is -0.820. The zero-order chi connectivity index (χ0) is 13.0. The predicted octanol–water partition coefficient (Wildman–Crippen LogP) is 5.12. The van der Waals surface area contributed by atoms with Crippen molar-refractivity contribution < 1.29 is 4.74 Å². The summed E-state index contributed by atoms with van der Waals surface area (Å²) < 4.78 is 6.37. The fourth-order valence-corrected chi connectivity index (χ4v) is 2.73. The number of hydrogen-bond acceptors (Lipinski definition) is 1. The molecule has 1 aliphatic carbocycles. The third kappa shape index (κ3) is 4.13. The van der Waals surface area contributed by atoms with Crippen LogP contribution in [0.2, 0.25) is 0 Å². The first-order chi connectivity index (χ1) is 8.54. The van der Waals surface area contributed by atoms with Crippen molar-refractivity contribution in [3.05, 3.63) is 35.9 Å². The molecule has 0 heterocycles. The third-order valence-electron chi connectivity index (χ3n) is 3.63. The largest absolute Gasteiger partial charge is 0.370 e. The van der Waals surface area contributed by atoms with Crippen molar-refractivity contribution >= 4 is 0 Å². The molecule has 0 spiro atoms. The first-order valence-corrected chi connectivity index (χ1v) is 7.25. The van der Waals surface area contributed by atoms with Gasteiger partial charge in [0, 0.05) is 0 Å². The molecule has 1 unspecified atom stereocenters. The highest BCUT2D eigenvalue weighted by atomic mass is 16.5. The Labute approximate surface area is 112 Å². The Balaban J connectivity index is 2.07. The molecule has 2 rings (SSSR count). The minimum Gasteiger partial charge on any atom is -0.370 e. The van der Waals surface area contributed by atoms with E-state index in [0.717, 1.165) is 6.42 Å². The topological polar surface area (TPSA) is 9.23 Å². The second-order valence-corrected chi connectivity index (χ2v) is 6.71. The number of benzene rings is 1. The van der Waals surface area contributed by atoms with E-state index in [1.54, 1.807) is 0 Å². The second kappa shape index (κ2) is 5.88. The van der Waals surface area contributed by atoms with Gasteiger partial charge in [-0.25, -0.2) is 0 Å². The second-order valence-electron chi connectivity index (χ2n) is 6.71. The molecule has 1 aromatic rings. The lowest BCUT2D eigenvalue weighted by molar-refractivity contribution is -0.0291.